The minimum Gasteiger partial charge on any atom is -0.304 e. The van der Waals surface area contributed by atoms with Gasteiger partial charge in [0.1, 0.15) is 0 Å². The number of carbonyl (C=O) groups excluding carboxylic acids is 2. The molecule has 0 unspecified atom stereocenters. The highest BCUT2D eigenvalue weighted by atomic mass is 35.5. The number of hydrogen-bond donors (Lipinski definition) is 0. The molecular formula is C24H23ClN4O2S2. The van der Waals surface area contributed by atoms with E-state index in [2.05, 4.69) is 16.8 Å². The second-order valence-electron chi connectivity index (χ2n) is 8.46. The molecule has 2 fully saturated rings. The molecular weight excluding hydrogens is 476 g/mol. The predicted octanol–water partition coefficient (Wildman–Crippen LogP) is 3.98. The number of benzene rings is 2. The summed E-state index contributed by atoms with van der Waals surface area (Å²) in [4.78, 5) is 35.4. The Kier molecular flexibility index (Phi) is 6.05. The molecule has 3 aliphatic rings. The number of fused-ring (bicyclic) bond motifs is 1. The lowest BCUT2D eigenvalue weighted by molar-refractivity contribution is -0.115. The van der Waals surface area contributed by atoms with Gasteiger partial charge in [-0.1, -0.05) is 59.8 Å². The summed E-state index contributed by atoms with van der Waals surface area (Å²) >= 11 is 13.0. The van der Waals surface area contributed by atoms with Crippen LogP contribution in [0.5, 0.6) is 0 Å². The summed E-state index contributed by atoms with van der Waals surface area (Å²) in [5.74, 6) is -0.443. The normalized spacial score (nSPS) is 22.0. The fraction of sp³-hybridized carbons (Fsp3) is 0.292. The molecule has 2 amide bonds. The SMILES string of the molecule is Cc1ccc(N2C(=O)C(=C3C(=O)N(CN4CCN(C)CC4)c4ccccc43)SC2=S)cc1Cl. The van der Waals surface area contributed by atoms with Crippen molar-refractivity contribution in [3.63, 3.8) is 0 Å². The number of thiocarbonyl (C=S) groups is 1. The summed E-state index contributed by atoms with van der Waals surface area (Å²) in [5, 5.41) is 0.565. The fourth-order valence-electron chi connectivity index (χ4n) is 4.29. The van der Waals surface area contributed by atoms with Crippen LogP contribution in [0, 0.1) is 6.92 Å². The van der Waals surface area contributed by atoms with Gasteiger partial charge in [-0.05, 0) is 37.7 Å². The van der Waals surface area contributed by atoms with Crippen LogP contribution < -0.4 is 9.80 Å². The Morgan fingerprint density at radius 1 is 1.03 bits per heavy atom. The minimum atomic E-state index is -0.287. The van der Waals surface area contributed by atoms with Gasteiger partial charge in [-0.2, -0.15) is 0 Å². The van der Waals surface area contributed by atoms with Crippen molar-refractivity contribution < 1.29 is 9.59 Å². The van der Waals surface area contributed by atoms with E-state index in [-0.39, 0.29) is 11.8 Å². The number of rotatable bonds is 3. The first-order valence-corrected chi connectivity index (χ1v) is 12.3. The van der Waals surface area contributed by atoms with Gasteiger partial charge in [0.25, 0.3) is 11.8 Å². The Labute approximate surface area is 207 Å². The van der Waals surface area contributed by atoms with Crippen molar-refractivity contribution in [3.05, 3.63) is 63.5 Å². The highest BCUT2D eigenvalue weighted by Crippen LogP contribution is 2.45. The summed E-state index contributed by atoms with van der Waals surface area (Å²) in [6, 6.07) is 13.1. The Morgan fingerprint density at radius 3 is 2.48 bits per heavy atom. The van der Waals surface area contributed by atoms with Crippen LogP contribution in [-0.2, 0) is 9.59 Å². The van der Waals surface area contributed by atoms with E-state index in [1.54, 1.807) is 11.0 Å². The summed E-state index contributed by atoms with van der Waals surface area (Å²) < 4.78 is 0.394. The third kappa shape index (κ3) is 4.00. The van der Waals surface area contributed by atoms with E-state index in [0.29, 0.717) is 32.2 Å². The maximum absolute atomic E-state index is 13.7. The quantitative estimate of drug-likeness (QED) is 0.471. The number of nitrogens with zero attached hydrogens (tertiary/aromatic N) is 4. The lowest BCUT2D eigenvalue weighted by Crippen LogP contribution is -2.49. The van der Waals surface area contributed by atoms with Gasteiger partial charge in [0, 0.05) is 36.8 Å². The van der Waals surface area contributed by atoms with E-state index in [9.17, 15) is 9.59 Å². The molecule has 33 heavy (non-hydrogen) atoms. The van der Waals surface area contributed by atoms with Gasteiger partial charge in [-0.15, -0.1) is 0 Å². The minimum absolute atomic E-state index is 0.155. The first-order chi connectivity index (χ1) is 15.8. The number of halogens is 1. The number of anilines is 2. The zero-order valence-electron chi connectivity index (χ0n) is 18.4. The Balaban J connectivity index is 1.51. The van der Waals surface area contributed by atoms with Gasteiger partial charge in [0.2, 0.25) is 0 Å². The standard InChI is InChI=1S/C24H23ClN4O2S2/c1-15-7-8-16(13-18(15)25)29-23(31)21(33-24(29)32)20-17-5-3-4-6-19(17)28(22(20)30)14-27-11-9-26(2)10-12-27/h3-8,13H,9-12,14H2,1-2H3. The molecule has 0 radical (unpaired) electrons. The molecule has 0 bridgehead atoms. The lowest BCUT2D eigenvalue weighted by Gasteiger charge is -2.34. The molecule has 5 rings (SSSR count). The van der Waals surface area contributed by atoms with Crippen LogP contribution in [-0.4, -0.2) is 65.8 Å². The molecule has 0 aromatic heterocycles. The van der Waals surface area contributed by atoms with E-state index in [1.165, 1.54) is 16.7 Å². The Bertz CT molecular complexity index is 1210. The summed E-state index contributed by atoms with van der Waals surface area (Å²) in [5.41, 5.74) is 3.57. The third-order valence-corrected chi connectivity index (χ3v) is 8.05. The van der Waals surface area contributed by atoms with E-state index in [0.717, 1.165) is 43.0 Å². The molecule has 3 aliphatic heterocycles. The van der Waals surface area contributed by atoms with Crippen molar-refractivity contribution in [2.45, 2.75) is 6.92 Å². The van der Waals surface area contributed by atoms with Gasteiger partial charge in [-0.25, -0.2) is 0 Å². The lowest BCUT2D eigenvalue weighted by atomic mass is 10.1. The molecule has 3 heterocycles. The number of likely N-dealkylation sites (N-methyl/N-ethyl adjacent to an activating group) is 1. The number of carbonyl (C=O) groups is 2. The van der Waals surface area contributed by atoms with Gasteiger partial charge in [-0.3, -0.25) is 24.3 Å². The topological polar surface area (TPSA) is 47.1 Å². The smallest absolute Gasteiger partial charge is 0.271 e. The molecule has 2 aromatic carbocycles. The average molecular weight is 499 g/mol. The Hall–Kier alpha value is -2.23. The van der Waals surface area contributed by atoms with E-state index >= 15 is 0 Å². The summed E-state index contributed by atoms with van der Waals surface area (Å²) in [6.45, 7) is 6.13. The van der Waals surface area contributed by atoms with Gasteiger partial charge in [0.05, 0.1) is 28.5 Å². The van der Waals surface area contributed by atoms with Gasteiger partial charge < -0.3 is 4.90 Å². The van der Waals surface area contributed by atoms with E-state index in [1.807, 2.05) is 43.3 Å². The molecule has 170 valence electrons. The zero-order valence-corrected chi connectivity index (χ0v) is 20.8. The van der Waals surface area contributed by atoms with Crippen molar-refractivity contribution in [1.29, 1.82) is 0 Å². The largest absolute Gasteiger partial charge is 0.304 e. The fourth-order valence-corrected chi connectivity index (χ4v) is 5.84. The number of aryl methyl sites for hydroxylation is 1. The number of piperazine rings is 1. The van der Waals surface area contributed by atoms with Crippen molar-refractivity contribution >= 4 is 68.7 Å². The molecule has 0 atom stereocenters. The highest BCUT2D eigenvalue weighted by molar-refractivity contribution is 8.27. The third-order valence-electron chi connectivity index (χ3n) is 6.27. The van der Waals surface area contributed by atoms with Crippen LogP contribution in [0.4, 0.5) is 11.4 Å². The number of hydrogen-bond acceptors (Lipinski definition) is 6. The second-order valence-corrected chi connectivity index (χ2v) is 10.5. The van der Waals surface area contributed by atoms with Crippen LogP contribution in [0.15, 0.2) is 47.4 Å². The van der Waals surface area contributed by atoms with Crippen molar-refractivity contribution in [3.8, 4) is 0 Å². The number of para-hydroxylation sites is 1. The van der Waals surface area contributed by atoms with E-state index < -0.39 is 0 Å². The summed E-state index contributed by atoms with van der Waals surface area (Å²) in [7, 11) is 2.11. The predicted molar refractivity (Wildman–Crippen MR) is 139 cm³/mol. The molecule has 0 spiro atoms. The van der Waals surface area contributed by atoms with Crippen molar-refractivity contribution in [1.82, 2.24) is 9.80 Å². The first-order valence-electron chi connectivity index (χ1n) is 10.7. The molecule has 0 N–H and O–H groups in total. The van der Waals surface area contributed by atoms with Crippen LogP contribution in [0.1, 0.15) is 11.1 Å². The van der Waals surface area contributed by atoms with Crippen LogP contribution >= 0.6 is 35.6 Å². The zero-order chi connectivity index (χ0) is 23.3. The maximum Gasteiger partial charge on any atom is 0.271 e. The molecule has 0 saturated carbocycles. The number of thioether (sulfide) groups is 1. The monoisotopic (exact) mass is 498 g/mol. The van der Waals surface area contributed by atoms with Crippen LogP contribution in [0.2, 0.25) is 5.02 Å². The number of amides is 2. The maximum atomic E-state index is 13.7. The van der Waals surface area contributed by atoms with Crippen LogP contribution in [0.3, 0.4) is 0 Å². The van der Waals surface area contributed by atoms with Gasteiger partial charge in [0.15, 0.2) is 4.32 Å². The average Bonchev–Trinajstić information content (AvgIpc) is 3.24. The Morgan fingerprint density at radius 2 is 1.76 bits per heavy atom. The van der Waals surface area contributed by atoms with Gasteiger partial charge >= 0.3 is 0 Å². The molecule has 6 nitrogen and oxygen atoms in total. The molecule has 2 aromatic rings. The highest BCUT2D eigenvalue weighted by Gasteiger charge is 2.43. The van der Waals surface area contributed by atoms with E-state index in [4.69, 9.17) is 23.8 Å². The van der Waals surface area contributed by atoms with Crippen LogP contribution in [0.25, 0.3) is 5.57 Å². The first kappa shape index (κ1) is 22.6. The summed E-state index contributed by atoms with van der Waals surface area (Å²) in [6.07, 6.45) is 0. The molecule has 0 aliphatic carbocycles. The van der Waals surface area contributed by atoms with Crippen molar-refractivity contribution in [2.75, 3.05) is 49.7 Å². The second kappa shape index (κ2) is 8.85. The molecule has 9 heteroatoms. The van der Waals surface area contributed by atoms with Crippen molar-refractivity contribution in [2.24, 2.45) is 0 Å². The molecule has 2 saturated heterocycles.